The zero-order valence-corrected chi connectivity index (χ0v) is 23.3. The Morgan fingerprint density at radius 3 is 2.71 bits per heavy atom. The molecule has 0 saturated carbocycles. The monoisotopic (exact) mass is 531 g/mol. The van der Waals surface area contributed by atoms with E-state index >= 15 is 0 Å². The second-order valence-corrected chi connectivity index (χ2v) is 11.4. The predicted molar refractivity (Wildman–Crippen MR) is 152 cm³/mol. The molecule has 2 aliphatic heterocycles. The number of carbonyl (C=O) groups excluding carboxylic acids is 1. The van der Waals surface area contributed by atoms with Crippen LogP contribution in [0, 0.1) is 13.8 Å². The first-order valence-corrected chi connectivity index (χ1v) is 14.4. The average molecular weight is 532 g/mol. The van der Waals surface area contributed by atoms with Gasteiger partial charge in [-0.05, 0) is 74.1 Å². The van der Waals surface area contributed by atoms with E-state index in [2.05, 4.69) is 33.6 Å². The van der Waals surface area contributed by atoms with Crippen LogP contribution in [0.3, 0.4) is 0 Å². The third kappa shape index (κ3) is 6.40. The Kier molecular flexibility index (Phi) is 8.67. The molecule has 2 fully saturated rings. The van der Waals surface area contributed by atoms with Crippen molar-refractivity contribution in [2.24, 2.45) is 0 Å². The van der Waals surface area contributed by atoms with Crippen molar-refractivity contribution in [2.75, 3.05) is 26.7 Å². The maximum atomic E-state index is 13.3. The lowest BCUT2D eigenvalue weighted by Crippen LogP contribution is -2.32. The summed E-state index contributed by atoms with van der Waals surface area (Å²) in [6.45, 7) is 6.15. The Balaban J connectivity index is 1.19. The smallest absolute Gasteiger partial charge is 0.254 e. The first-order chi connectivity index (χ1) is 18.5. The highest BCUT2D eigenvalue weighted by atomic mass is 32.2. The summed E-state index contributed by atoms with van der Waals surface area (Å²) < 4.78 is 14.7. The number of aromatic nitrogens is 1. The van der Waals surface area contributed by atoms with Crippen molar-refractivity contribution < 1.29 is 14.3 Å². The maximum Gasteiger partial charge on any atom is 0.254 e. The van der Waals surface area contributed by atoms with Gasteiger partial charge in [0.05, 0.1) is 13.1 Å². The molecule has 0 radical (unpaired) electrons. The van der Waals surface area contributed by atoms with E-state index in [0.717, 1.165) is 41.2 Å². The SMILES string of the molecule is COC1CN(C(=O)c2cc(C)ccc2C)CC1Oc1cccc(CSN2CCCC2Cc2cccnc2)c1. The summed E-state index contributed by atoms with van der Waals surface area (Å²) in [4.78, 5) is 19.4. The minimum atomic E-state index is -0.209. The summed E-state index contributed by atoms with van der Waals surface area (Å²) in [5, 5.41) is 0. The van der Waals surface area contributed by atoms with Gasteiger partial charge in [0, 0.05) is 43.4 Å². The van der Waals surface area contributed by atoms with E-state index in [1.807, 2.05) is 73.4 Å². The van der Waals surface area contributed by atoms with Gasteiger partial charge in [0.1, 0.15) is 18.0 Å². The Morgan fingerprint density at radius 2 is 1.89 bits per heavy atom. The molecular weight excluding hydrogens is 494 g/mol. The number of nitrogens with zero attached hydrogens (tertiary/aromatic N) is 3. The molecule has 6 nitrogen and oxygen atoms in total. The average Bonchev–Trinajstić information content (AvgIpc) is 3.55. The zero-order chi connectivity index (χ0) is 26.5. The molecule has 3 atom stereocenters. The molecule has 200 valence electrons. The van der Waals surface area contributed by atoms with Crippen LogP contribution in [-0.4, -0.2) is 65.1 Å². The predicted octanol–water partition coefficient (Wildman–Crippen LogP) is 5.47. The van der Waals surface area contributed by atoms with Gasteiger partial charge in [0.2, 0.25) is 0 Å². The van der Waals surface area contributed by atoms with Gasteiger partial charge in [-0.3, -0.25) is 9.78 Å². The summed E-state index contributed by atoms with van der Waals surface area (Å²) in [6.07, 6.45) is 6.94. The highest BCUT2D eigenvalue weighted by Gasteiger charge is 2.37. The molecule has 0 N–H and O–H groups in total. The van der Waals surface area contributed by atoms with E-state index in [4.69, 9.17) is 9.47 Å². The summed E-state index contributed by atoms with van der Waals surface area (Å²) in [6, 6.07) is 19.1. The molecule has 5 rings (SSSR count). The van der Waals surface area contributed by atoms with Crippen LogP contribution in [0.2, 0.25) is 0 Å². The molecule has 0 aliphatic carbocycles. The number of carbonyl (C=O) groups is 1. The van der Waals surface area contributed by atoms with Gasteiger partial charge in [0.15, 0.2) is 0 Å². The van der Waals surface area contributed by atoms with Gasteiger partial charge in [-0.25, -0.2) is 4.31 Å². The summed E-state index contributed by atoms with van der Waals surface area (Å²) in [5.41, 5.74) is 5.36. The molecule has 2 saturated heterocycles. The van der Waals surface area contributed by atoms with Crippen LogP contribution < -0.4 is 4.74 Å². The minimum absolute atomic E-state index is 0.0379. The quantitative estimate of drug-likeness (QED) is 0.341. The number of aryl methyl sites for hydroxylation is 2. The van der Waals surface area contributed by atoms with Crippen LogP contribution in [0.15, 0.2) is 67.0 Å². The molecule has 0 spiro atoms. The van der Waals surface area contributed by atoms with Crippen molar-refractivity contribution >= 4 is 17.9 Å². The first kappa shape index (κ1) is 26.7. The molecular formula is C31H37N3O3S. The van der Waals surface area contributed by atoms with Gasteiger partial charge in [0.25, 0.3) is 5.91 Å². The molecule has 2 aromatic carbocycles. The summed E-state index contributed by atoms with van der Waals surface area (Å²) in [5.74, 6) is 1.76. The highest BCUT2D eigenvalue weighted by Crippen LogP contribution is 2.31. The van der Waals surface area contributed by atoms with Crippen LogP contribution in [0.4, 0.5) is 0 Å². The lowest BCUT2D eigenvalue weighted by atomic mass is 10.0. The molecule has 3 heterocycles. The van der Waals surface area contributed by atoms with E-state index in [9.17, 15) is 4.79 Å². The van der Waals surface area contributed by atoms with Crippen molar-refractivity contribution in [1.82, 2.24) is 14.2 Å². The fraction of sp³-hybridized carbons (Fsp3) is 0.419. The highest BCUT2D eigenvalue weighted by molar-refractivity contribution is 7.96. The number of pyridine rings is 1. The molecule has 38 heavy (non-hydrogen) atoms. The minimum Gasteiger partial charge on any atom is -0.486 e. The second kappa shape index (κ2) is 12.3. The van der Waals surface area contributed by atoms with Crippen molar-refractivity contribution in [2.45, 2.75) is 57.1 Å². The van der Waals surface area contributed by atoms with Crippen molar-refractivity contribution in [3.05, 3.63) is 94.8 Å². The third-order valence-electron chi connectivity index (χ3n) is 7.53. The number of hydrogen-bond donors (Lipinski definition) is 0. The van der Waals surface area contributed by atoms with Crippen LogP contribution in [0.1, 0.15) is 45.5 Å². The number of rotatable bonds is 9. The summed E-state index contributed by atoms with van der Waals surface area (Å²) in [7, 11) is 1.69. The van der Waals surface area contributed by atoms with E-state index < -0.39 is 0 Å². The molecule has 2 aliphatic rings. The molecule has 0 bridgehead atoms. The Labute approximate surface area is 230 Å². The van der Waals surface area contributed by atoms with E-state index in [1.165, 1.54) is 24.0 Å². The van der Waals surface area contributed by atoms with Crippen molar-refractivity contribution in [3.8, 4) is 5.75 Å². The second-order valence-electron chi connectivity index (χ2n) is 10.4. The van der Waals surface area contributed by atoms with E-state index in [0.29, 0.717) is 19.1 Å². The van der Waals surface area contributed by atoms with Gasteiger partial charge in [-0.2, -0.15) is 0 Å². The fourth-order valence-corrected chi connectivity index (χ4v) is 6.54. The maximum absolute atomic E-state index is 13.3. The number of methoxy groups -OCH3 is 1. The topological polar surface area (TPSA) is 54.9 Å². The molecule has 7 heteroatoms. The van der Waals surface area contributed by atoms with Gasteiger partial charge < -0.3 is 14.4 Å². The Hall–Kier alpha value is -2.87. The number of amides is 1. The molecule has 1 amide bonds. The van der Waals surface area contributed by atoms with Crippen LogP contribution in [0.5, 0.6) is 5.75 Å². The van der Waals surface area contributed by atoms with Crippen molar-refractivity contribution in [3.63, 3.8) is 0 Å². The Morgan fingerprint density at radius 1 is 1.05 bits per heavy atom. The zero-order valence-electron chi connectivity index (χ0n) is 22.5. The molecule has 1 aromatic heterocycles. The number of ether oxygens (including phenoxy) is 2. The largest absolute Gasteiger partial charge is 0.486 e. The molecule has 3 aromatic rings. The number of likely N-dealkylation sites (tertiary alicyclic amines) is 1. The molecule has 3 unspecified atom stereocenters. The van der Waals surface area contributed by atoms with Gasteiger partial charge >= 0.3 is 0 Å². The normalized spacial score (nSPS) is 21.7. The Bertz CT molecular complexity index is 1240. The first-order valence-electron chi connectivity index (χ1n) is 13.4. The fourth-order valence-electron chi connectivity index (χ4n) is 5.40. The standard InChI is InChI=1S/C31H37N3O3S/c1-22-11-12-23(2)28(15-22)31(35)33-19-29(36-3)30(20-33)37-27-10-4-7-25(17-27)21-38-34-14-6-9-26(34)16-24-8-5-13-32-18-24/h4-5,7-8,10-13,15,17-18,26,29-30H,6,9,14,16,19-21H2,1-3H3. The lowest BCUT2D eigenvalue weighted by molar-refractivity contribution is 0.0339. The van der Waals surface area contributed by atoms with Gasteiger partial charge in [-0.1, -0.05) is 47.8 Å². The van der Waals surface area contributed by atoms with E-state index in [1.54, 1.807) is 7.11 Å². The van der Waals surface area contributed by atoms with E-state index in [-0.39, 0.29) is 18.1 Å². The number of hydrogen-bond acceptors (Lipinski definition) is 6. The van der Waals surface area contributed by atoms with Crippen LogP contribution in [0.25, 0.3) is 0 Å². The number of benzene rings is 2. The third-order valence-corrected chi connectivity index (χ3v) is 8.80. The lowest BCUT2D eigenvalue weighted by Gasteiger charge is -2.23. The van der Waals surface area contributed by atoms with Gasteiger partial charge in [-0.15, -0.1) is 0 Å². The van der Waals surface area contributed by atoms with Crippen LogP contribution >= 0.6 is 11.9 Å². The summed E-state index contributed by atoms with van der Waals surface area (Å²) >= 11 is 1.91. The van der Waals surface area contributed by atoms with Crippen LogP contribution in [-0.2, 0) is 16.9 Å². The van der Waals surface area contributed by atoms with Crippen molar-refractivity contribution in [1.29, 1.82) is 0 Å².